The fourth-order valence-corrected chi connectivity index (χ4v) is 1.37. The summed E-state index contributed by atoms with van der Waals surface area (Å²) in [5, 5.41) is 16.8. The monoisotopic (exact) mass is 162 g/mol. The molecule has 0 aliphatic heterocycles. The van der Waals surface area contributed by atoms with Gasteiger partial charge in [0.05, 0.1) is 11.8 Å². The number of aromatic nitrogens is 3. The summed E-state index contributed by atoms with van der Waals surface area (Å²) in [6.07, 6.45) is 1.87. The maximum Gasteiger partial charge on any atom is 0.106 e. The quantitative estimate of drug-likeness (QED) is 0.610. The minimum absolute atomic E-state index is 0.293. The Balaban J connectivity index is 2.49. The first-order valence-electron chi connectivity index (χ1n) is 3.98. The van der Waals surface area contributed by atoms with Crippen LogP contribution in [-0.2, 0) is 12.5 Å². The van der Waals surface area contributed by atoms with Gasteiger partial charge in [-0.15, -0.1) is 5.10 Å². The van der Waals surface area contributed by atoms with Crippen molar-refractivity contribution in [1.29, 1.82) is 5.26 Å². The summed E-state index contributed by atoms with van der Waals surface area (Å²) in [6, 6.07) is 2.31. The topological polar surface area (TPSA) is 54.5 Å². The third-order valence-electron chi connectivity index (χ3n) is 2.52. The first kappa shape index (κ1) is 7.29. The molecule has 1 aliphatic rings. The Labute approximate surface area is 70.8 Å². The van der Waals surface area contributed by atoms with Crippen molar-refractivity contribution >= 4 is 0 Å². The van der Waals surface area contributed by atoms with Crippen LogP contribution in [0.5, 0.6) is 0 Å². The first-order valence-corrected chi connectivity index (χ1v) is 3.98. The van der Waals surface area contributed by atoms with E-state index >= 15 is 0 Å². The maximum absolute atomic E-state index is 8.92. The number of nitriles is 1. The van der Waals surface area contributed by atoms with Crippen LogP contribution in [0.15, 0.2) is 0 Å². The molecule has 0 unspecified atom stereocenters. The van der Waals surface area contributed by atoms with Crippen LogP contribution >= 0.6 is 0 Å². The van der Waals surface area contributed by atoms with Gasteiger partial charge in [-0.1, -0.05) is 5.21 Å². The Morgan fingerprint density at radius 2 is 2.25 bits per heavy atom. The molecule has 0 bridgehead atoms. The molecule has 0 spiro atoms. The molecule has 1 aliphatic carbocycles. The van der Waals surface area contributed by atoms with Crippen LogP contribution in [-0.4, -0.2) is 15.0 Å². The highest BCUT2D eigenvalue weighted by Crippen LogP contribution is 2.47. The Morgan fingerprint density at radius 1 is 1.58 bits per heavy atom. The summed E-state index contributed by atoms with van der Waals surface area (Å²) >= 11 is 0. The summed E-state index contributed by atoms with van der Waals surface area (Å²) < 4.78 is 1.72. The number of rotatable bonds is 1. The van der Waals surface area contributed by atoms with E-state index in [-0.39, 0.29) is 5.41 Å². The zero-order chi connectivity index (χ0) is 8.77. The molecule has 2 rings (SSSR count). The van der Waals surface area contributed by atoms with Crippen LogP contribution < -0.4 is 0 Å². The van der Waals surface area contributed by atoms with Crippen LogP contribution in [0.4, 0.5) is 0 Å². The highest BCUT2D eigenvalue weighted by atomic mass is 15.4. The van der Waals surface area contributed by atoms with Crippen LogP contribution in [0.25, 0.3) is 0 Å². The zero-order valence-corrected chi connectivity index (χ0v) is 7.20. The summed E-state index contributed by atoms with van der Waals surface area (Å²) in [6.45, 7) is 1.95. The van der Waals surface area contributed by atoms with E-state index in [2.05, 4.69) is 16.4 Å². The second kappa shape index (κ2) is 2.07. The van der Waals surface area contributed by atoms with E-state index in [1.54, 1.807) is 4.68 Å². The van der Waals surface area contributed by atoms with E-state index in [1.807, 2.05) is 14.0 Å². The number of hydrogen-bond acceptors (Lipinski definition) is 3. The van der Waals surface area contributed by atoms with Crippen LogP contribution in [0.3, 0.4) is 0 Å². The van der Waals surface area contributed by atoms with Gasteiger partial charge in [0.15, 0.2) is 0 Å². The van der Waals surface area contributed by atoms with Gasteiger partial charge in [-0.05, 0) is 19.8 Å². The normalized spacial score (nSPS) is 18.8. The van der Waals surface area contributed by atoms with E-state index in [4.69, 9.17) is 5.26 Å². The SMILES string of the molecule is Cc1c(C2(C#N)CC2)nnn1C. The van der Waals surface area contributed by atoms with Crippen LogP contribution in [0, 0.1) is 18.3 Å². The molecule has 62 valence electrons. The number of nitrogens with zero attached hydrogens (tertiary/aromatic N) is 4. The number of aryl methyl sites for hydroxylation is 1. The van der Waals surface area contributed by atoms with E-state index in [9.17, 15) is 0 Å². The first-order chi connectivity index (χ1) is 5.69. The van der Waals surface area contributed by atoms with Crippen LogP contribution in [0.1, 0.15) is 24.2 Å². The Hall–Kier alpha value is -1.37. The molecule has 1 heterocycles. The highest BCUT2D eigenvalue weighted by molar-refractivity contribution is 5.35. The van der Waals surface area contributed by atoms with E-state index in [0.29, 0.717) is 0 Å². The molecule has 12 heavy (non-hydrogen) atoms. The van der Waals surface area contributed by atoms with E-state index < -0.39 is 0 Å². The molecule has 0 N–H and O–H groups in total. The standard InChI is InChI=1S/C8H10N4/c1-6-7(10-11-12(6)2)8(5-9)3-4-8/h3-4H2,1-2H3. The van der Waals surface area contributed by atoms with E-state index in [0.717, 1.165) is 24.2 Å². The van der Waals surface area contributed by atoms with Gasteiger partial charge in [-0.2, -0.15) is 5.26 Å². The van der Waals surface area contributed by atoms with Crippen molar-refractivity contribution < 1.29 is 0 Å². The molecule has 0 aromatic carbocycles. The molecule has 1 fully saturated rings. The van der Waals surface area contributed by atoms with Gasteiger partial charge in [0.1, 0.15) is 11.1 Å². The van der Waals surface area contributed by atoms with Gasteiger partial charge in [-0.3, -0.25) is 4.68 Å². The maximum atomic E-state index is 8.92. The Kier molecular flexibility index (Phi) is 1.26. The molecule has 1 saturated carbocycles. The molecule has 1 aromatic heterocycles. The van der Waals surface area contributed by atoms with Gasteiger partial charge >= 0.3 is 0 Å². The van der Waals surface area contributed by atoms with Crippen molar-refractivity contribution in [3.63, 3.8) is 0 Å². The van der Waals surface area contributed by atoms with Crippen molar-refractivity contribution in [1.82, 2.24) is 15.0 Å². The van der Waals surface area contributed by atoms with Gasteiger partial charge in [0.2, 0.25) is 0 Å². The Bertz CT molecular complexity index is 354. The fraction of sp³-hybridized carbons (Fsp3) is 0.625. The molecular formula is C8H10N4. The molecule has 0 radical (unpaired) electrons. The predicted molar refractivity (Wildman–Crippen MR) is 42.3 cm³/mol. The van der Waals surface area contributed by atoms with Crippen molar-refractivity contribution in [2.75, 3.05) is 0 Å². The van der Waals surface area contributed by atoms with Gasteiger partial charge in [0, 0.05) is 7.05 Å². The average molecular weight is 162 g/mol. The lowest BCUT2D eigenvalue weighted by Crippen LogP contribution is -2.05. The highest BCUT2D eigenvalue weighted by Gasteiger charge is 2.48. The minimum Gasteiger partial charge on any atom is -0.252 e. The van der Waals surface area contributed by atoms with Crippen molar-refractivity contribution in [2.45, 2.75) is 25.2 Å². The van der Waals surface area contributed by atoms with Gasteiger partial charge in [-0.25, -0.2) is 0 Å². The molecule has 0 amide bonds. The molecule has 1 aromatic rings. The minimum atomic E-state index is -0.293. The third-order valence-corrected chi connectivity index (χ3v) is 2.52. The van der Waals surface area contributed by atoms with Gasteiger partial charge in [0.25, 0.3) is 0 Å². The van der Waals surface area contributed by atoms with Crippen LogP contribution in [0.2, 0.25) is 0 Å². The molecular weight excluding hydrogens is 152 g/mol. The summed E-state index contributed by atoms with van der Waals surface area (Å²) in [7, 11) is 1.85. The van der Waals surface area contributed by atoms with Gasteiger partial charge < -0.3 is 0 Å². The second-order valence-corrected chi connectivity index (χ2v) is 3.34. The second-order valence-electron chi connectivity index (χ2n) is 3.34. The van der Waals surface area contributed by atoms with Crippen molar-refractivity contribution in [3.8, 4) is 6.07 Å². The van der Waals surface area contributed by atoms with E-state index in [1.165, 1.54) is 0 Å². The summed E-state index contributed by atoms with van der Waals surface area (Å²) in [5.74, 6) is 0. The molecule has 4 heteroatoms. The number of hydrogen-bond donors (Lipinski definition) is 0. The van der Waals surface area contributed by atoms with Crippen molar-refractivity contribution in [2.24, 2.45) is 7.05 Å². The average Bonchev–Trinajstić information content (AvgIpc) is 2.79. The largest absolute Gasteiger partial charge is 0.252 e. The summed E-state index contributed by atoms with van der Waals surface area (Å²) in [5.41, 5.74) is 1.58. The lowest BCUT2D eigenvalue weighted by Gasteiger charge is -2.00. The predicted octanol–water partition coefficient (Wildman–Crippen LogP) is 0.679. The molecule has 0 saturated heterocycles. The lowest BCUT2D eigenvalue weighted by molar-refractivity contribution is 0.696. The molecule has 4 nitrogen and oxygen atoms in total. The zero-order valence-electron chi connectivity index (χ0n) is 7.20. The molecule has 0 atom stereocenters. The Morgan fingerprint density at radius 3 is 2.58 bits per heavy atom. The fourth-order valence-electron chi connectivity index (χ4n) is 1.37. The lowest BCUT2D eigenvalue weighted by atomic mass is 10.0. The third kappa shape index (κ3) is 0.765. The van der Waals surface area contributed by atoms with Crippen molar-refractivity contribution in [3.05, 3.63) is 11.4 Å². The summed E-state index contributed by atoms with van der Waals surface area (Å²) in [4.78, 5) is 0. The smallest absolute Gasteiger partial charge is 0.106 e.